The number of nitrogens with two attached hydrogens (primary N) is 1. The molecule has 0 saturated heterocycles. The zero-order chi connectivity index (χ0) is 16.4. The molecule has 5 heteroatoms. The van der Waals surface area contributed by atoms with E-state index in [0.29, 0.717) is 10.7 Å². The van der Waals surface area contributed by atoms with Crippen LogP contribution in [0.2, 0.25) is 0 Å². The van der Waals surface area contributed by atoms with Gasteiger partial charge in [-0.15, -0.1) is 12.6 Å². The first-order valence-corrected chi connectivity index (χ1v) is 9.12. The van der Waals surface area contributed by atoms with Crippen LogP contribution >= 0.6 is 12.6 Å². The zero-order valence-electron chi connectivity index (χ0n) is 14.4. The first-order chi connectivity index (χ1) is 10.6. The quantitative estimate of drug-likeness (QED) is 0.354. The van der Waals surface area contributed by atoms with Gasteiger partial charge in [0, 0.05) is 13.1 Å². The lowest BCUT2D eigenvalue weighted by molar-refractivity contribution is 0.604. The van der Waals surface area contributed by atoms with Gasteiger partial charge in [-0.1, -0.05) is 52.4 Å². The lowest BCUT2D eigenvalue weighted by Crippen LogP contribution is -2.28. The van der Waals surface area contributed by atoms with Crippen molar-refractivity contribution in [1.29, 1.82) is 0 Å². The molecule has 1 aromatic rings. The Hall–Kier alpha value is -0.970. The van der Waals surface area contributed by atoms with Gasteiger partial charge in [-0.25, -0.2) is 9.97 Å². The lowest BCUT2D eigenvalue weighted by atomic mass is 10.1. The fourth-order valence-electron chi connectivity index (χ4n) is 2.58. The molecule has 1 aromatic heterocycles. The molecule has 1 heterocycles. The highest BCUT2D eigenvalue weighted by atomic mass is 32.1. The van der Waals surface area contributed by atoms with Crippen LogP contribution in [0.5, 0.6) is 0 Å². The molecule has 2 N–H and O–H groups in total. The van der Waals surface area contributed by atoms with Crippen molar-refractivity contribution in [3.05, 3.63) is 5.82 Å². The van der Waals surface area contributed by atoms with Crippen molar-refractivity contribution in [3.8, 4) is 0 Å². The average Bonchev–Trinajstić information content (AvgIpc) is 2.49. The van der Waals surface area contributed by atoms with Crippen molar-refractivity contribution in [1.82, 2.24) is 9.97 Å². The Morgan fingerprint density at radius 3 is 1.95 bits per heavy atom. The summed E-state index contributed by atoms with van der Waals surface area (Å²) in [5.41, 5.74) is 6.78. The molecule has 0 radical (unpaired) electrons. The molecule has 22 heavy (non-hydrogen) atoms. The number of hydrogen-bond acceptors (Lipinski definition) is 5. The fourth-order valence-corrected chi connectivity index (χ4v) is 2.82. The van der Waals surface area contributed by atoms with Crippen LogP contribution in [0, 0.1) is 6.92 Å². The molecule has 0 saturated carbocycles. The predicted molar refractivity (Wildman–Crippen MR) is 98.9 cm³/mol. The van der Waals surface area contributed by atoms with E-state index >= 15 is 0 Å². The van der Waals surface area contributed by atoms with Gasteiger partial charge in [0.1, 0.15) is 16.5 Å². The minimum Gasteiger partial charge on any atom is -0.394 e. The Bertz CT molecular complexity index is 425. The molecule has 0 spiro atoms. The molecule has 1 rings (SSSR count). The molecule has 0 fully saturated rings. The fraction of sp³-hybridized carbons (Fsp3) is 0.765. The standard InChI is InChI=1S/C17H32N4S/c1-4-6-8-10-12-21(13-11-9-7-5-2)16-15(18)17(22)20-14(3)19-16/h4-13,18H2,1-3H3,(H,19,20,22). The maximum atomic E-state index is 6.17. The molecule has 0 aliphatic carbocycles. The van der Waals surface area contributed by atoms with E-state index in [-0.39, 0.29) is 0 Å². The number of aryl methyl sites for hydroxylation is 1. The third kappa shape index (κ3) is 6.42. The molecule has 0 aliphatic heterocycles. The van der Waals surface area contributed by atoms with E-state index in [1.54, 1.807) is 0 Å². The number of nitrogen functional groups attached to an aromatic ring is 1. The van der Waals surface area contributed by atoms with Crippen LogP contribution in [0.4, 0.5) is 11.5 Å². The summed E-state index contributed by atoms with van der Waals surface area (Å²) < 4.78 is 0. The number of hydrogen-bond donors (Lipinski definition) is 2. The summed E-state index contributed by atoms with van der Waals surface area (Å²) in [6.07, 6.45) is 10.00. The highest BCUT2D eigenvalue weighted by molar-refractivity contribution is 7.80. The lowest BCUT2D eigenvalue weighted by Gasteiger charge is -2.25. The molecule has 0 aromatic carbocycles. The van der Waals surface area contributed by atoms with E-state index < -0.39 is 0 Å². The third-order valence-corrected chi connectivity index (χ3v) is 4.22. The molecule has 0 amide bonds. The van der Waals surface area contributed by atoms with Crippen LogP contribution in [0.25, 0.3) is 0 Å². The second-order valence-corrected chi connectivity index (χ2v) is 6.36. The number of aromatic nitrogens is 2. The summed E-state index contributed by atoms with van der Waals surface area (Å²) in [6, 6.07) is 0. The number of rotatable bonds is 11. The van der Waals surface area contributed by atoms with Gasteiger partial charge in [0.2, 0.25) is 0 Å². The smallest absolute Gasteiger partial charge is 0.156 e. The van der Waals surface area contributed by atoms with Gasteiger partial charge in [-0.05, 0) is 19.8 Å². The second kappa shape index (κ2) is 10.7. The summed E-state index contributed by atoms with van der Waals surface area (Å²) in [4.78, 5) is 11.1. The van der Waals surface area contributed by atoms with E-state index in [1.165, 1.54) is 51.4 Å². The van der Waals surface area contributed by atoms with Crippen LogP contribution in [-0.4, -0.2) is 23.1 Å². The predicted octanol–water partition coefficient (Wildman–Crippen LogP) is 4.62. The summed E-state index contributed by atoms with van der Waals surface area (Å²) >= 11 is 4.38. The van der Waals surface area contributed by atoms with E-state index in [0.717, 1.165) is 24.7 Å². The van der Waals surface area contributed by atoms with Crippen LogP contribution in [0.1, 0.15) is 71.0 Å². The average molecular weight is 325 g/mol. The normalized spacial score (nSPS) is 10.9. The molecule has 4 nitrogen and oxygen atoms in total. The molecule has 126 valence electrons. The minimum absolute atomic E-state index is 0.592. The molecule has 0 unspecified atom stereocenters. The van der Waals surface area contributed by atoms with Crippen molar-refractivity contribution in [2.45, 2.75) is 77.2 Å². The zero-order valence-corrected chi connectivity index (χ0v) is 15.3. The summed E-state index contributed by atoms with van der Waals surface area (Å²) in [5.74, 6) is 1.60. The minimum atomic E-state index is 0.592. The third-order valence-electron chi connectivity index (χ3n) is 3.88. The molecule has 0 bridgehead atoms. The first-order valence-electron chi connectivity index (χ1n) is 8.68. The number of nitrogens with zero attached hydrogens (tertiary/aromatic N) is 3. The molecular weight excluding hydrogens is 292 g/mol. The number of thiol groups is 1. The van der Waals surface area contributed by atoms with Crippen LogP contribution < -0.4 is 10.6 Å². The van der Waals surface area contributed by atoms with Gasteiger partial charge in [0.15, 0.2) is 5.82 Å². The Morgan fingerprint density at radius 1 is 0.909 bits per heavy atom. The number of unbranched alkanes of at least 4 members (excludes halogenated alkanes) is 6. The Kier molecular flexibility index (Phi) is 9.28. The van der Waals surface area contributed by atoms with E-state index in [9.17, 15) is 0 Å². The van der Waals surface area contributed by atoms with Gasteiger partial charge in [-0.3, -0.25) is 0 Å². The van der Waals surface area contributed by atoms with Gasteiger partial charge >= 0.3 is 0 Å². The Balaban J connectivity index is 2.74. The van der Waals surface area contributed by atoms with Crippen molar-refractivity contribution >= 4 is 24.1 Å². The van der Waals surface area contributed by atoms with Crippen LogP contribution in [-0.2, 0) is 0 Å². The molecule has 0 atom stereocenters. The number of anilines is 2. The molecule has 0 aliphatic rings. The van der Waals surface area contributed by atoms with Gasteiger partial charge in [-0.2, -0.15) is 0 Å². The summed E-state index contributed by atoms with van der Waals surface area (Å²) in [5, 5.41) is 0.592. The van der Waals surface area contributed by atoms with E-state index in [4.69, 9.17) is 5.73 Å². The Labute approximate surface area is 141 Å². The van der Waals surface area contributed by atoms with Crippen molar-refractivity contribution < 1.29 is 0 Å². The topological polar surface area (TPSA) is 55.0 Å². The largest absolute Gasteiger partial charge is 0.394 e. The highest BCUT2D eigenvalue weighted by Crippen LogP contribution is 2.26. The van der Waals surface area contributed by atoms with E-state index in [2.05, 4.69) is 41.3 Å². The van der Waals surface area contributed by atoms with E-state index in [1.807, 2.05) is 6.92 Å². The van der Waals surface area contributed by atoms with Gasteiger partial charge in [0.05, 0.1) is 0 Å². The SMILES string of the molecule is CCCCCCN(CCCCCC)c1nc(C)nc(S)c1N. The summed E-state index contributed by atoms with van der Waals surface area (Å²) in [7, 11) is 0. The van der Waals surface area contributed by atoms with Crippen molar-refractivity contribution in [3.63, 3.8) is 0 Å². The maximum absolute atomic E-state index is 6.17. The van der Waals surface area contributed by atoms with Crippen LogP contribution in [0.15, 0.2) is 5.03 Å². The van der Waals surface area contributed by atoms with Crippen LogP contribution in [0.3, 0.4) is 0 Å². The second-order valence-electron chi connectivity index (χ2n) is 5.94. The molecular formula is C17H32N4S. The summed E-state index contributed by atoms with van der Waals surface area (Å²) in [6.45, 7) is 8.40. The Morgan fingerprint density at radius 2 is 1.45 bits per heavy atom. The maximum Gasteiger partial charge on any atom is 0.156 e. The van der Waals surface area contributed by atoms with Gasteiger partial charge < -0.3 is 10.6 Å². The van der Waals surface area contributed by atoms with Gasteiger partial charge in [0.25, 0.3) is 0 Å². The van der Waals surface area contributed by atoms with Crippen molar-refractivity contribution in [2.75, 3.05) is 23.7 Å². The van der Waals surface area contributed by atoms with Crippen molar-refractivity contribution in [2.24, 2.45) is 0 Å². The monoisotopic (exact) mass is 324 g/mol. The highest BCUT2D eigenvalue weighted by Gasteiger charge is 2.14. The first kappa shape index (κ1) is 19.1.